The van der Waals surface area contributed by atoms with Gasteiger partial charge in [-0.2, -0.15) is 0 Å². The summed E-state index contributed by atoms with van der Waals surface area (Å²) in [6.07, 6.45) is 3.57. The number of nitrogens with zero attached hydrogens (tertiary/aromatic N) is 2. The molecule has 2 aromatic heterocycles. The number of aromatic carboxylic acids is 1. The van der Waals surface area contributed by atoms with Crippen LogP contribution >= 0.6 is 0 Å². The second kappa shape index (κ2) is 16.9. The number of nitrogens with two attached hydrogens (primary N) is 1. The third kappa shape index (κ3) is 11.3. The molecule has 4 heterocycles. The Hall–Kier alpha value is -4.84. The summed E-state index contributed by atoms with van der Waals surface area (Å²) in [6, 6.07) is 14.8. The van der Waals surface area contributed by atoms with E-state index >= 15 is 0 Å². The number of aryl methyl sites for hydroxylation is 2. The summed E-state index contributed by atoms with van der Waals surface area (Å²) in [5, 5.41) is 11.7. The molecule has 0 saturated carbocycles. The van der Waals surface area contributed by atoms with Gasteiger partial charge in [0.15, 0.2) is 0 Å². The summed E-state index contributed by atoms with van der Waals surface area (Å²) >= 11 is 0. The molecule has 4 aromatic rings. The fourth-order valence-corrected chi connectivity index (χ4v) is 5.82. The summed E-state index contributed by atoms with van der Waals surface area (Å²) in [4.78, 5) is 31.8. The first kappa shape index (κ1) is 42.9. The minimum atomic E-state index is -0.875. The standard InChI is InChI=1S/C22H28N2O3.C11H16N2O2.C11H14O2/c1-14-19-18(13-26-22(5,6)27-19)16(11-23-14)12-24-20(25)15-7-9-17(10-8-15)21(2,3)4;1-7-10-9(8(4-12)5-13-7)6-14-11(2,3)15-10;1-11(2,3)9-6-4-8(5-7-9)10(12)13/h7-11H,12-13H2,1-6H3,(H,24,25);5H,4,6,12H2,1-3H3;4-7H,1-3H3,(H,12,13). The first-order chi connectivity index (χ1) is 25.5. The smallest absolute Gasteiger partial charge is 0.335 e. The van der Waals surface area contributed by atoms with E-state index in [1.165, 1.54) is 5.56 Å². The molecule has 0 fully saturated rings. The van der Waals surface area contributed by atoms with Crippen LogP contribution in [0.3, 0.4) is 0 Å². The Kier molecular flexibility index (Phi) is 13.2. The summed E-state index contributed by atoms with van der Waals surface area (Å²) < 4.78 is 23.0. The largest absolute Gasteiger partial charge is 0.478 e. The monoisotopic (exact) mass is 754 g/mol. The molecule has 296 valence electrons. The molecule has 11 heteroatoms. The third-order valence-corrected chi connectivity index (χ3v) is 9.30. The maximum atomic E-state index is 12.5. The summed E-state index contributed by atoms with van der Waals surface area (Å²) in [5.41, 5.74) is 14.7. The van der Waals surface area contributed by atoms with Gasteiger partial charge in [0.2, 0.25) is 11.6 Å². The Morgan fingerprint density at radius 1 is 0.709 bits per heavy atom. The quantitative estimate of drug-likeness (QED) is 0.181. The second-order valence-corrected chi connectivity index (χ2v) is 16.8. The number of amides is 1. The molecule has 55 heavy (non-hydrogen) atoms. The van der Waals surface area contributed by atoms with Crippen molar-refractivity contribution >= 4 is 11.9 Å². The number of carbonyl (C=O) groups excluding carboxylic acids is 1. The van der Waals surface area contributed by atoms with E-state index in [1.54, 1.807) is 24.5 Å². The van der Waals surface area contributed by atoms with Gasteiger partial charge in [-0.1, -0.05) is 65.8 Å². The molecule has 11 nitrogen and oxygen atoms in total. The van der Waals surface area contributed by atoms with Crippen molar-refractivity contribution in [2.45, 2.75) is 132 Å². The van der Waals surface area contributed by atoms with Crippen molar-refractivity contribution in [3.63, 3.8) is 0 Å². The third-order valence-electron chi connectivity index (χ3n) is 9.30. The van der Waals surface area contributed by atoms with Gasteiger partial charge in [0.05, 0.1) is 30.2 Å². The topological polar surface area (TPSA) is 155 Å². The second-order valence-electron chi connectivity index (χ2n) is 16.8. The number of carboxylic acid groups (broad SMARTS) is 1. The number of hydrogen-bond acceptors (Lipinski definition) is 9. The number of carboxylic acids is 1. The summed E-state index contributed by atoms with van der Waals surface area (Å²) in [7, 11) is 0. The van der Waals surface area contributed by atoms with Crippen LogP contribution in [0.4, 0.5) is 0 Å². The first-order valence-corrected chi connectivity index (χ1v) is 18.5. The number of hydrogen-bond donors (Lipinski definition) is 3. The highest BCUT2D eigenvalue weighted by Gasteiger charge is 2.31. The van der Waals surface area contributed by atoms with E-state index in [1.807, 2.05) is 77.9 Å². The normalized spacial score (nSPS) is 15.3. The molecule has 0 aliphatic carbocycles. The lowest BCUT2D eigenvalue weighted by Gasteiger charge is -2.34. The molecular formula is C44H58N4O7. The molecule has 2 aliphatic rings. The molecular weight excluding hydrogens is 697 g/mol. The van der Waals surface area contributed by atoms with E-state index < -0.39 is 17.5 Å². The molecule has 2 aliphatic heterocycles. The number of pyridine rings is 2. The molecule has 0 saturated heterocycles. The van der Waals surface area contributed by atoms with Gasteiger partial charge in [-0.05, 0) is 71.2 Å². The summed E-state index contributed by atoms with van der Waals surface area (Å²) in [5.74, 6) is -0.645. The van der Waals surface area contributed by atoms with Crippen LogP contribution in [0.5, 0.6) is 11.5 Å². The lowest BCUT2D eigenvalue weighted by Crippen LogP contribution is -2.36. The zero-order valence-electron chi connectivity index (χ0n) is 34.5. The number of benzene rings is 2. The Morgan fingerprint density at radius 3 is 1.51 bits per heavy atom. The molecule has 0 atom stereocenters. The molecule has 0 spiro atoms. The average Bonchev–Trinajstić information content (AvgIpc) is 3.11. The van der Waals surface area contributed by atoms with Crippen LogP contribution in [-0.4, -0.2) is 38.5 Å². The van der Waals surface area contributed by atoms with Crippen molar-refractivity contribution in [3.05, 3.63) is 117 Å². The summed E-state index contributed by atoms with van der Waals surface area (Å²) in [6.45, 7) is 26.0. The highest BCUT2D eigenvalue weighted by molar-refractivity contribution is 5.94. The predicted octanol–water partition coefficient (Wildman–Crippen LogP) is 8.44. The Bertz CT molecular complexity index is 1970. The van der Waals surface area contributed by atoms with Crippen molar-refractivity contribution in [3.8, 4) is 11.5 Å². The average molecular weight is 755 g/mol. The van der Waals surface area contributed by atoms with Gasteiger partial charge in [-0.15, -0.1) is 0 Å². The zero-order valence-corrected chi connectivity index (χ0v) is 34.5. The SMILES string of the molecule is CC(C)(C)c1ccc(C(=O)O)cc1.Cc1ncc(CN)c2c1OC(C)(C)OC2.Cc1ncc(CNC(=O)c2ccc(C(C)(C)C)cc2)c2c1OC(C)(C)OC2. The fraction of sp³-hybridized carbons (Fsp3) is 0.455. The maximum absolute atomic E-state index is 12.5. The first-order valence-electron chi connectivity index (χ1n) is 18.5. The van der Waals surface area contributed by atoms with E-state index in [2.05, 4.69) is 56.8 Å². The lowest BCUT2D eigenvalue weighted by atomic mass is 9.87. The van der Waals surface area contributed by atoms with Crippen LogP contribution in [0.1, 0.15) is 135 Å². The van der Waals surface area contributed by atoms with Crippen LogP contribution < -0.4 is 20.5 Å². The number of rotatable bonds is 5. The minimum Gasteiger partial charge on any atom is -0.478 e. The number of carbonyl (C=O) groups is 2. The van der Waals surface area contributed by atoms with Gasteiger partial charge in [0.25, 0.3) is 5.91 Å². The Balaban J connectivity index is 0.000000202. The lowest BCUT2D eigenvalue weighted by molar-refractivity contribution is -0.181. The van der Waals surface area contributed by atoms with Crippen LogP contribution in [0, 0.1) is 13.8 Å². The van der Waals surface area contributed by atoms with Crippen molar-refractivity contribution in [1.82, 2.24) is 15.3 Å². The van der Waals surface area contributed by atoms with Gasteiger partial charge in [-0.25, -0.2) is 4.79 Å². The number of aromatic nitrogens is 2. The highest BCUT2D eigenvalue weighted by Crippen LogP contribution is 2.36. The molecule has 0 bridgehead atoms. The molecule has 6 rings (SSSR count). The van der Waals surface area contributed by atoms with Gasteiger partial charge in [0, 0.05) is 69.9 Å². The molecule has 2 aromatic carbocycles. The van der Waals surface area contributed by atoms with Crippen molar-refractivity contribution in [1.29, 1.82) is 0 Å². The molecule has 4 N–H and O–H groups in total. The van der Waals surface area contributed by atoms with Gasteiger partial charge < -0.3 is 35.1 Å². The van der Waals surface area contributed by atoms with Crippen LogP contribution in [0.2, 0.25) is 0 Å². The number of ether oxygens (including phenoxy) is 4. The van der Waals surface area contributed by atoms with E-state index in [-0.39, 0.29) is 16.7 Å². The Labute approximate surface area is 326 Å². The van der Waals surface area contributed by atoms with E-state index in [4.69, 9.17) is 29.8 Å². The number of fused-ring (bicyclic) bond motifs is 2. The zero-order chi connectivity index (χ0) is 40.9. The predicted molar refractivity (Wildman–Crippen MR) is 213 cm³/mol. The van der Waals surface area contributed by atoms with E-state index in [0.717, 1.165) is 50.7 Å². The van der Waals surface area contributed by atoms with Gasteiger partial charge in [0.1, 0.15) is 11.5 Å². The maximum Gasteiger partial charge on any atom is 0.335 e. The number of nitrogens with one attached hydrogen (secondary N) is 1. The molecule has 0 radical (unpaired) electrons. The highest BCUT2D eigenvalue weighted by atomic mass is 16.7. The van der Waals surface area contributed by atoms with E-state index in [9.17, 15) is 9.59 Å². The van der Waals surface area contributed by atoms with Crippen molar-refractivity contribution < 1.29 is 33.6 Å². The van der Waals surface area contributed by atoms with Gasteiger partial charge >= 0.3 is 5.97 Å². The van der Waals surface area contributed by atoms with Crippen molar-refractivity contribution in [2.75, 3.05) is 0 Å². The van der Waals surface area contributed by atoms with Gasteiger partial charge in [-0.3, -0.25) is 14.8 Å². The molecule has 0 unspecified atom stereocenters. The van der Waals surface area contributed by atoms with Crippen LogP contribution in [-0.2, 0) is 46.6 Å². The van der Waals surface area contributed by atoms with Crippen molar-refractivity contribution in [2.24, 2.45) is 5.73 Å². The minimum absolute atomic E-state index is 0.0649. The van der Waals surface area contributed by atoms with E-state index in [0.29, 0.717) is 37.4 Å². The van der Waals surface area contributed by atoms with Crippen LogP contribution in [0.15, 0.2) is 60.9 Å². The molecule has 1 amide bonds. The Morgan fingerprint density at radius 2 is 1.11 bits per heavy atom. The van der Waals surface area contributed by atoms with Crippen LogP contribution in [0.25, 0.3) is 0 Å². The fourth-order valence-electron chi connectivity index (χ4n) is 5.82.